The molecule has 7 heteroatoms. The van der Waals surface area contributed by atoms with E-state index in [0.29, 0.717) is 22.5 Å². The van der Waals surface area contributed by atoms with Crippen LogP contribution >= 0.6 is 0 Å². The van der Waals surface area contributed by atoms with Gasteiger partial charge in [0.25, 0.3) is 15.9 Å². The molecular weight excluding hydrogens is 328 g/mol. The smallest absolute Gasteiger partial charge is 0.261 e. The second-order valence-corrected chi connectivity index (χ2v) is 7.05. The van der Waals surface area contributed by atoms with Gasteiger partial charge in [0.2, 0.25) is 0 Å². The standard InChI is InChI=1S/C17H18N2O4S/c1-11(2)17(21)18-13-5-4-6-15(10-13)24(22,23)19-14-7-8-16(20)12(3)9-14/h4-10,19-20H,1H2,2-3H3,(H,18,21). The van der Waals surface area contributed by atoms with Crippen molar-refractivity contribution >= 4 is 27.3 Å². The zero-order chi connectivity index (χ0) is 17.9. The van der Waals surface area contributed by atoms with Gasteiger partial charge in [-0.15, -0.1) is 0 Å². The van der Waals surface area contributed by atoms with Crippen LogP contribution < -0.4 is 10.0 Å². The molecule has 0 saturated heterocycles. The fourth-order valence-electron chi connectivity index (χ4n) is 1.91. The van der Waals surface area contributed by atoms with E-state index >= 15 is 0 Å². The number of carbonyl (C=O) groups is 1. The predicted molar refractivity (Wildman–Crippen MR) is 93.5 cm³/mol. The van der Waals surface area contributed by atoms with E-state index < -0.39 is 10.0 Å². The molecule has 0 aromatic heterocycles. The molecule has 2 rings (SSSR count). The van der Waals surface area contributed by atoms with Crippen LogP contribution in [-0.4, -0.2) is 19.4 Å². The highest BCUT2D eigenvalue weighted by molar-refractivity contribution is 7.92. The number of carbonyl (C=O) groups excluding carboxylic acids is 1. The summed E-state index contributed by atoms with van der Waals surface area (Å²) in [6.45, 7) is 6.76. The molecule has 0 bridgehead atoms. The third-order valence-electron chi connectivity index (χ3n) is 3.24. The maximum absolute atomic E-state index is 12.5. The minimum Gasteiger partial charge on any atom is -0.508 e. The minimum absolute atomic E-state index is 0.00717. The number of aromatic hydroxyl groups is 1. The summed E-state index contributed by atoms with van der Waals surface area (Å²) in [5.74, 6) is -0.297. The highest BCUT2D eigenvalue weighted by Crippen LogP contribution is 2.23. The van der Waals surface area contributed by atoms with Crippen LogP contribution in [0.1, 0.15) is 12.5 Å². The van der Waals surface area contributed by atoms with Crippen molar-refractivity contribution in [1.29, 1.82) is 0 Å². The average molecular weight is 346 g/mol. The van der Waals surface area contributed by atoms with Crippen molar-refractivity contribution in [2.45, 2.75) is 18.7 Å². The van der Waals surface area contributed by atoms with Crippen LogP contribution in [0.3, 0.4) is 0 Å². The summed E-state index contributed by atoms with van der Waals surface area (Å²) in [7, 11) is -3.83. The summed E-state index contributed by atoms with van der Waals surface area (Å²) in [6.07, 6.45) is 0. The molecule has 6 nitrogen and oxygen atoms in total. The third kappa shape index (κ3) is 4.14. The molecule has 2 aromatic carbocycles. The van der Waals surface area contributed by atoms with Gasteiger partial charge in [0.1, 0.15) is 5.75 Å². The van der Waals surface area contributed by atoms with Crippen molar-refractivity contribution in [2.75, 3.05) is 10.0 Å². The highest BCUT2D eigenvalue weighted by atomic mass is 32.2. The molecule has 0 aliphatic rings. The summed E-state index contributed by atoms with van der Waals surface area (Å²) in [5, 5.41) is 12.1. The van der Waals surface area contributed by atoms with E-state index in [1.54, 1.807) is 19.9 Å². The Labute approximate surface area is 140 Å². The van der Waals surface area contributed by atoms with E-state index in [1.165, 1.54) is 36.4 Å². The molecule has 0 unspecified atom stereocenters. The molecule has 24 heavy (non-hydrogen) atoms. The molecular formula is C17H18N2O4S. The van der Waals surface area contributed by atoms with E-state index in [4.69, 9.17) is 0 Å². The second kappa shape index (κ2) is 6.76. The summed E-state index contributed by atoms with van der Waals surface area (Å²) in [6, 6.07) is 10.3. The van der Waals surface area contributed by atoms with Gasteiger partial charge in [-0.25, -0.2) is 8.42 Å². The number of sulfonamides is 1. The van der Waals surface area contributed by atoms with E-state index in [9.17, 15) is 18.3 Å². The predicted octanol–water partition coefficient (Wildman–Crippen LogP) is 3.02. The largest absolute Gasteiger partial charge is 0.508 e. The first-order valence-electron chi connectivity index (χ1n) is 7.08. The van der Waals surface area contributed by atoms with Gasteiger partial charge in [0.15, 0.2) is 0 Å². The number of anilines is 2. The first-order valence-corrected chi connectivity index (χ1v) is 8.57. The molecule has 1 amide bonds. The molecule has 0 aliphatic heterocycles. The quantitative estimate of drug-likeness (QED) is 0.573. The molecule has 0 radical (unpaired) electrons. The first-order chi connectivity index (χ1) is 11.2. The van der Waals surface area contributed by atoms with Crippen molar-refractivity contribution in [3.63, 3.8) is 0 Å². The number of amides is 1. The molecule has 0 fully saturated rings. The van der Waals surface area contributed by atoms with Crippen LogP contribution in [-0.2, 0) is 14.8 Å². The maximum Gasteiger partial charge on any atom is 0.261 e. The normalized spacial score (nSPS) is 10.9. The van der Waals surface area contributed by atoms with Gasteiger partial charge >= 0.3 is 0 Å². The van der Waals surface area contributed by atoms with E-state index in [0.717, 1.165) is 0 Å². The Morgan fingerprint density at radius 3 is 2.46 bits per heavy atom. The number of rotatable bonds is 5. The van der Waals surface area contributed by atoms with Crippen LogP contribution in [0.2, 0.25) is 0 Å². The highest BCUT2D eigenvalue weighted by Gasteiger charge is 2.15. The van der Waals surface area contributed by atoms with Crippen LogP contribution in [0.25, 0.3) is 0 Å². The zero-order valence-electron chi connectivity index (χ0n) is 13.3. The van der Waals surface area contributed by atoms with Gasteiger partial charge in [0.05, 0.1) is 4.90 Å². The fraction of sp³-hybridized carbons (Fsp3) is 0.118. The average Bonchev–Trinajstić information content (AvgIpc) is 2.51. The van der Waals surface area contributed by atoms with Crippen molar-refractivity contribution in [3.05, 3.63) is 60.2 Å². The Bertz CT molecular complexity index is 905. The van der Waals surface area contributed by atoms with Gasteiger partial charge in [-0.05, 0) is 55.8 Å². The van der Waals surface area contributed by atoms with Crippen LogP contribution in [0.4, 0.5) is 11.4 Å². The Morgan fingerprint density at radius 2 is 1.83 bits per heavy atom. The molecule has 0 aliphatic carbocycles. The number of aryl methyl sites for hydroxylation is 1. The van der Waals surface area contributed by atoms with Crippen molar-refractivity contribution in [2.24, 2.45) is 0 Å². The Kier molecular flexibility index (Phi) is 4.94. The van der Waals surface area contributed by atoms with Crippen LogP contribution in [0.5, 0.6) is 5.75 Å². The summed E-state index contributed by atoms with van der Waals surface area (Å²) < 4.78 is 27.4. The van der Waals surface area contributed by atoms with E-state index in [1.807, 2.05) is 0 Å². The fourth-order valence-corrected chi connectivity index (χ4v) is 3.01. The van der Waals surface area contributed by atoms with Crippen LogP contribution in [0.15, 0.2) is 59.5 Å². The third-order valence-corrected chi connectivity index (χ3v) is 4.62. The summed E-state index contributed by atoms with van der Waals surface area (Å²) >= 11 is 0. The molecule has 3 N–H and O–H groups in total. The molecule has 2 aromatic rings. The lowest BCUT2D eigenvalue weighted by Gasteiger charge is -2.11. The van der Waals surface area contributed by atoms with E-state index in [2.05, 4.69) is 16.6 Å². The Morgan fingerprint density at radius 1 is 1.12 bits per heavy atom. The number of hydrogen-bond donors (Lipinski definition) is 3. The number of phenolic OH excluding ortho intramolecular Hbond substituents is 1. The maximum atomic E-state index is 12.5. The van der Waals surface area contributed by atoms with Gasteiger partial charge in [-0.2, -0.15) is 0 Å². The molecule has 126 valence electrons. The van der Waals surface area contributed by atoms with Gasteiger partial charge in [0, 0.05) is 16.9 Å². The van der Waals surface area contributed by atoms with E-state index in [-0.39, 0.29) is 16.6 Å². The molecule has 0 saturated carbocycles. The SMILES string of the molecule is C=C(C)C(=O)Nc1cccc(S(=O)(=O)Nc2ccc(O)c(C)c2)c1. The van der Waals surface area contributed by atoms with Gasteiger partial charge in [-0.1, -0.05) is 12.6 Å². The van der Waals surface area contributed by atoms with Gasteiger partial charge in [-0.3, -0.25) is 9.52 Å². The molecule has 0 atom stereocenters. The Balaban J connectivity index is 2.27. The lowest BCUT2D eigenvalue weighted by atomic mass is 10.2. The van der Waals surface area contributed by atoms with Crippen molar-refractivity contribution in [1.82, 2.24) is 0 Å². The lowest BCUT2D eigenvalue weighted by Crippen LogP contribution is -2.15. The van der Waals surface area contributed by atoms with Crippen molar-refractivity contribution < 1.29 is 18.3 Å². The molecule has 0 spiro atoms. The first kappa shape index (κ1) is 17.6. The number of hydrogen-bond acceptors (Lipinski definition) is 4. The summed E-state index contributed by atoms with van der Waals surface area (Å²) in [4.78, 5) is 11.6. The van der Waals surface area contributed by atoms with Crippen LogP contribution in [0, 0.1) is 6.92 Å². The number of nitrogens with one attached hydrogen (secondary N) is 2. The minimum atomic E-state index is -3.83. The number of benzene rings is 2. The topological polar surface area (TPSA) is 95.5 Å². The lowest BCUT2D eigenvalue weighted by molar-refractivity contribution is -0.112. The number of phenols is 1. The zero-order valence-corrected chi connectivity index (χ0v) is 14.1. The Hall–Kier alpha value is -2.80. The molecule has 0 heterocycles. The summed E-state index contributed by atoms with van der Waals surface area (Å²) in [5.41, 5.74) is 1.56. The van der Waals surface area contributed by atoms with Crippen molar-refractivity contribution in [3.8, 4) is 5.75 Å². The van der Waals surface area contributed by atoms with Gasteiger partial charge < -0.3 is 10.4 Å². The second-order valence-electron chi connectivity index (χ2n) is 5.37. The monoisotopic (exact) mass is 346 g/mol.